The number of aryl methyl sites for hydroxylation is 1. The molecular weight excluding hydrogens is 260 g/mol. The summed E-state index contributed by atoms with van der Waals surface area (Å²) in [7, 11) is 1.80. The molecule has 1 aromatic heterocycles. The second kappa shape index (κ2) is 4.96. The highest BCUT2D eigenvalue weighted by atomic mass is 19.1. The SMILES string of the molecule is Cn1cc(COc2ccc(F)cc2)c2cccc(F)c21. The van der Waals surface area contributed by atoms with Gasteiger partial charge in [0.1, 0.15) is 24.0 Å². The van der Waals surface area contributed by atoms with E-state index in [4.69, 9.17) is 4.74 Å². The molecule has 0 N–H and O–H groups in total. The fourth-order valence-corrected chi connectivity index (χ4v) is 2.31. The van der Waals surface area contributed by atoms with Gasteiger partial charge in [-0.25, -0.2) is 8.78 Å². The third-order valence-corrected chi connectivity index (χ3v) is 3.24. The van der Waals surface area contributed by atoms with Crippen molar-refractivity contribution in [1.82, 2.24) is 4.57 Å². The molecule has 1 heterocycles. The van der Waals surface area contributed by atoms with Gasteiger partial charge in [-0.15, -0.1) is 0 Å². The maximum Gasteiger partial charge on any atom is 0.147 e. The first-order valence-corrected chi connectivity index (χ1v) is 6.26. The average Bonchev–Trinajstić information content (AvgIpc) is 2.76. The number of aromatic nitrogens is 1. The molecule has 2 nitrogen and oxygen atoms in total. The maximum absolute atomic E-state index is 13.8. The van der Waals surface area contributed by atoms with Gasteiger partial charge in [-0.3, -0.25) is 0 Å². The van der Waals surface area contributed by atoms with Crippen molar-refractivity contribution in [3.63, 3.8) is 0 Å². The Kier molecular flexibility index (Phi) is 3.14. The molecule has 3 rings (SSSR count). The molecule has 0 unspecified atom stereocenters. The van der Waals surface area contributed by atoms with Crippen LogP contribution < -0.4 is 4.74 Å². The molecule has 0 fully saturated rings. The summed E-state index contributed by atoms with van der Waals surface area (Å²) in [5.74, 6) is 0.0300. The zero-order chi connectivity index (χ0) is 14.1. The van der Waals surface area contributed by atoms with E-state index in [0.717, 1.165) is 10.9 Å². The summed E-state index contributed by atoms with van der Waals surface area (Å²) in [6.07, 6.45) is 1.84. The van der Waals surface area contributed by atoms with E-state index in [2.05, 4.69) is 0 Å². The van der Waals surface area contributed by atoms with E-state index in [1.54, 1.807) is 29.8 Å². The van der Waals surface area contributed by atoms with E-state index in [0.29, 0.717) is 17.9 Å². The second-order valence-electron chi connectivity index (χ2n) is 4.64. The van der Waals surface area contributed by atoms with Gasteiger partial charge in [0.15, 0.2) is 0 Å². The maximum atomic E-state index is 13.8. The van der Waals surface area contributed by atoms with Crippen LogP contribution in [0.3, 0.4) is 0 Å². The lowest BCUT2D eigenvalue weighted by atomic mass is 10.2. The standard InChI is InChI=1S/C16H13F2NO/c1-19-9-11(14-3-2-4-15(18)16(14)19)10-20-13-7-5-12(17)6-8-13/h2-9H,10H2,1H3. The van der Waals surface area contributed by atoms with E-state index in [-0.39, 0.29) is 11.6 Å². The molecule has 4 heteroatoms. The lowest BCUT2D eigenvalue weighted by Gasteiger charge is -2.05. The van der Waals surface area contributed by atoms with Gasteiger partial charge in [-0.1, -0.05) is 12.1 Å². The molecule has 20 heavy (non-hydrogen) atoms. The van der Waals surface area contributed by atoms with Crippen molar-refractivity contribution in [2.24, 2.45) is 7.05 Å². The third kappa shape index (κ3) is 2.25. The minimum Gasteiger partial charge on any atom is -0.489 e. The molecule has 0 aliphatic carbocycles. The van der Waals surface area contributed by atoms with E-state index in [1.165, 1.54) is 18.2 Å². The fraction of sp³-hybridized carbons (Fsp3) is 0.125. The van der Waals surface area contributed by atoms with Crippen LogP contribution in [0.4, 0.5) is 8.78 Å². The Morgan fingerprint density at radius 2 is 1.80 bits per heavy atom. The zero-order valence-electron chi connectivity index (χ0n) is 10.9. The molecule has 0 aliphatic heterocycles. The fourth-order valence-electron chi connectivity index (χ4n) is 2.31. The highest BCUT2D eigenvalue weighted by Gasteiger charge is 2.10. The van der Waals surface area contributed by atoms with Crippen molar-refractivity contribution in [3.8, 4) is 5.75 Å². The third-order valence-electron chi connectivity index (χ3n) is 3.24. The quantitative estimate of drug-likeness (QED) is 0.702. The molecule has 0 spiro atoms. The number of ether oxygens (including phenoxy) is 1. The normalized spacial score (nSPS) is 10.9. The van der Waals surface area contributed by atoms with Crippen molar-refractivity contribution in [2.45, 2.75) is 6.61 Å². The zero-order valence-corrected chi connectivity index (χ0v) is 10.9. The molecule has 0 radical (unpaired) electrons. The van der Waals surface area contributed by atoms with Crippen LogP contribution in [-0.4, -0.2) is 4.57 Å². The van der Waals surface area contributed by atoms with Gasteiger partial charge in [0.25, 0.3) is 0 Å². The summed E-state index contributed by atoms with van der Waals surface area (Å²) < 4.78 is 33.9. The molecule has 0 atom stereocenters. The van der Waals surface area contributed by atoms with Crippen molar-refractivity contribution in [1.29, 1.82) is 0 Å². The van der Waals surface area contributed by atoms with Gasteiger partial charge in [0.05, 0.1) is 5.52 Å². The van der Waals surface area contributed by atoms with Crippen LogP contribution >= 0.6 is 0 Å². The molecule has 102 valence electrons. The van der Waals surface area contributed by atoms with Crippen molar-refractivity contribution in [2.75, 3.05) is 0 Å². The molecule has 0 bridgehead atoms. The predicted octanol–water partition coefficient (Wildman–Crippen LogP) is 4.04. The minimum atomic E-state index is -0.301. The number of para-hydroxylation sites is 1. The topological polar surface area (TPSA) is 14.2 Å². The molecule has 0 amide bonds. The van der Waals surface area contributed by atoms with E-state index in [9.17, 15) is 8.78 Å². The summed E-state index contributed by atoms with van der Waals surface area (Å²) >= 11 is 0. The number of halogens is 2. The molecule has 0 saturated carbocycles. The summed E-state index contributed by atoms with van der Waals surface area (Å²) in [6.45, 7) is 0.312. The Bertz CT molecular complexity index is 747. The highest BCUT2D eigenvalue weighted by molar-refractivity contribution is 5.84. The smallest absolute Gasteiger partial charge is 0.147 e. The summed E-state index contributed by atoms with van der Waals surface area (Å²) in [6, 6.07) is 10.8. The monoisotopic (exact) mass is 273 g/mol. The van der Waals surface area contributed by atoms with Crippen LogP contribution in [0.2, 0.25) is 0 Å². The molecule has 0 saturated heterocycles. The second-order valence-corrected chi connectivity index (χ2v) is 4.64. The van der Waals surface area contributed by atoms with Crippen molar-refractivity contribution >= 4 is 10.9 Å². The Balaban J connectivity index is 1.88. The highest BCUT2D eigenvalue weighted by Crippen LogP contribution is 2.24. The van der Waals surface area contributed by atoms with E-state index >= 15 is 0 Å². The number of nitrogens with zero attached hydrogens (tertiary/aromatic N) is 1. The van der Waals surface area contributed by atoms with E-state index < -0.39 is 0 Å². The Labute approximate surface area is 115 Å². The van der Waals surface area contributed by atoms with Gasteiger partial charge in [0.2, 0.25) is 0 Å². The van der Waals surface area contributed by atoms with Crippen LogP contribution in [0.1, 0.15) is 5.56 Å². The van der Waals surface area contributed by atoms with Crippen LogP contribution in [0.25, 0.3) is 10.9 Å². The number of hydrogen-bond donors (Lipinski definition) is 0. The first-order valence-electron chi connectivity index (χ1n) is 6.26. The number of rotatable bonds is 3. The number of fused-ring (bicyclic) bond motifs is 1. The summed E-state index contributed by atoms with van der Waals surface area (Å²) in [5.41, 5.74) is 1.46. The van der Waals surface area contributed by atoms with Gasteiger partial charge in [0, 0.05) is 24.2 Å². The van der Waals surface area contributed by atoms with Crippen LogP contribution in [0.5, 0.6) is 5.75 Å². The van der Waals surface area contributed by atoms with E-state index in [1.807, 2.05) is 12.3 Å². The number of benzene rings is 2. The predicted molar refractivity (Wildman–Crippen MR) is 73.6 cm³/mol. The van der Waals surface area contributed by atoms with Gasteiger partial charge in [-0.2, -0.15) is 0 Å². The van der Waals surface area contributed by atoms with Crippen LogP contribution in [0.15, 0.2) is 48.7 Å². The molecule has 3 aromatic rings. The first-order chi connectivity index (χ1) is 9.65. The first kappa shape index (κ1) is 12.7. The van der Waals surface area contributed by atoms with Crippen LogP contribution in [0, 0.1) is 11.6 Å². The van der Waals surface area contributed by atoms with Gasteiger partial charge < -0.3 is 9.30 Å². The Morgan fingerprint density at radius 1 is 1.05 bits per heavy atom. The summed E-state index contributed by atoms with van der Waals surface area (Å²) in [5, 5.41) is 0.828. The Morgan fingerprint density at radius 3 is 2.55 bits per heavy atom. The summed E-state index contributed by atoms with van der Waals surface area (Å²) in [4.78, 5) is 0. The Hall–Kier alpha value is -2.36. The average molecular weight is 273 g/mol. The van der Waals surface area contributed by atoms with Crippen LogP contribution in [-0.2, 0) is 13.7 Å². The number of hydrogen-bond acceptors (Lipinski definition) is 1. The minimum absolute atomic E-state index is 0.252. The van der Waals surface area contributed by atoms with Crippen molar-refractivity contribution in [3.05, 3.63) is 65.9 Å². The van der Waals surface area contributed by atoms with Gasteiger partial charge in [-0.05, 0) is 30.3 Å². The molecular formula is C16H13F2NO. The lowest BCUT2D eigenvalue weighted by Crippen LogP contribution is -1.94. The largest absolute Gasteiger partial charge is 0.489 e. The molecule has 2 aromatic carbocycles. The lowest BCUT2D eigenvalue weighted by molar-refractivity contribution is 0.307. The van der Waals surface area contributed by atoms with Gasteiger partial charge >= 0.3 is 0 Å². The molecule has 0 aliphatic rings. The van der Waals surface area contributed by atoms with Crippen molar-refractivity contribution < 1.29 is 13.5 Å².